The molecular formula is C23H20F2N8. The van der Waals surface area contributed by atoms with E-state index in [0.717, 1.165) is 17.0 Å². The first-order chi connectivity index (χ1) is 16.1. The lowest BCUT2D eigenvalue weighted by Gasteiger charge is -2.29. The first kappa shape index (κ1) is 20.8. The smallest absolute Gasteiger partial charge is 0.207 e. The fourth-order valence-electron chi connectivity index (χ4n) is 3.82. The van der Waals surface area contributed by atoms with Crippen molar-refractivity contribution >= 4 is 11.6 Å². The Labute approximate surface area is 188 Å². The Hall–Kier alpha value is -4.08. The summed E-state index contributed by atoms with van der Waals surface area (Å²) in [5, 5.41) is 2.93. The number of anilines is 2. The zero-order valence-corrected chi connectivity index (χ0v) is 17.8. The van der Waals surface area contributed by atoms with Gasteiger partial charge in [0.15, 0.2) is 11.6 Å². The van der Waals surface area contributed by atoms with E-state index in [-0.39, 0.29) is 23.9 Å². The second kappa shape index (κ2) is 8.81. The molecule has 0 saturated heterocycles. The summed E-state index contributed by atoms with van der Waals surface area (Å²) in [7, 11) is 0. The van der Waals surface area contributed by atoms with E-state index in [9.17, 15) is 4.39 Å². The van der Waals surface area contributed by atoms with Crippen molar-refractivity contribution in [2.45, 2.75) is 26.4 Å². The third kappa shape index (κ3) is 4.32. The number of aryl methyl sites for hydroxylation is 1. The summed E-state index contributed by atoms with van der Waals surface area (Å²) in [6.07, 6.45) is 8.42. The van der Waals surface area contributed by atoms with Gasteiger partial charge in [0.1, 0.15) is 24.2 Å². The molecule has 0 radical (unpaired) electrons. The third-order valence-electron chi connectivity index (χ3n) is 5.46. The molecular weight excluding hydrogens is 426 g/mol. The summed E-state index contributed by atoms with van der Waals surface area (Å²) in [4.78, 5) is 26.7. The highest BCUT2D eigenvalue weighted by atomic mass is 19.1. The highest BCUT2D eigenvalue weighted by Gasteiger charge is 2.23. The van der Waals surface area contributed by atoms with Crippen molar-refractivity contribution in [3.05, 3.63) is 83.6 Å². The molecule has 5 heterocycles. The van der Waals surface area contributed by atoms with Crippen molar-refractivity contribution in [3.8, 4) is 11.3 Å². The predicted octanol–water partition coefficient (Wildman–Crippen LogP) is 3.49. The maximum atomic E-state index is 15.2. The number of halogens is 2. The van der Waals surface area contributed by atoms with E-state index in [1.165, 1.54) is 18.7 Å². The van der Waals surface area contributed by atoms with Crippen LogP contribution in [0, 0.1) is 18.6 Å². The number of nitrogens with one attached hydrogen (secondary N) is 1. The van der Waals surface area contributed by atoms with E-state index in [2.05, 4.69) is 35.2 Å². The fraction of sp³-hybridized carbons (Fsp3) is 0.217. The average Bonchev–Trinajstić information content (AvgIpc) is 2.83. The minimum atomic E-state index is -0.560. The van der Waals surface area contributed by atoms with Gasteiger partial charge >= 0.3 is 0 Å². The largest absolute Gasteiger partial charge is 0.363 e. The van der Waals surface area contributed by atoms with Crippen LogP contribution in [0.2, 0.25) is 0 Å². The van der Waals surface area contributed by atoms with E-state index in [0.29, 0.717) is 30.6 Å². The van der Waals surface area contributed by atoms with Gasteiger partial charge in [-0.3, -0.25) is 9.97 Å². The zero-order chi connectivity index (χ0) is 22.8. The number of hydrogen-bond donors (Lipinski definition) is 1. The SMILES string of the molecule is Cc1cc(-c2ncc(CNc3ncnc(N4CCc5ncncc5C4)c3F)cc2F)ccn1. The summed E-state index contributed by atoms with van der Waals surface area (Å²) in [5.74, 6) is -0.771. The van der Waals surface area contributed by atoms with Crippen LogP contribution in [-0.2, 0) is 19.5 Å². The Morgan fingerprint density at radius 1 is 1.03 bits per heavy atom. The first-order valence-electron chi connectivity index (χ1n) is 10.4. The van der Waals surface area contributed by atoms with Crippen molar-refractivity contribution in [3.63, 3.8) is 0 Å². The van der Waals surface area contributed by atoms with Gasteiger partial charge in [-0.05, 0) is 30.7 Å². The lowest BCUT2D eigenvalue weighted by atomic mass is 10.1. The maximum absolute atomic E-state index is 15.2. The van der Waals surface area contributed by atoms with Crippen LogP contribution in [0.15, 0.2) is 49.4 Å². The quantitative estimate of drug-likeness (QED) is 0.498. The molecule has 0 saturated carbocycles. The van der Waals surface area contributed by atoms with Crippen LogP contribution in [0.25, 0.3) is 11.3 Å². The van der Waals surface area contributed by atoms with Crippen LogP contribution in [0.1, 0.15) is 22.5 Å². The molecule has 166 valence electrons. The summed E-state index contributed by atoms with van der Waals surface area (Å²) in [5.41, 5.74) is 4.15. The van der Waals surface area contributed by atoms with E-state index >= 15 is 4.39 Å². The van der Waals surface area contributed by atoms with E-state index in [1.54, 1.807) is 30.7 Å². The number of fused-ring (bicyclic) bond motifs is 1. The molecule has 1 aliphatic rings. The van der Waals surface area contributed by atoms with E-state index < -0.39 is 11.6 Å². The molecule has 1 N–H and O–H groups in total. The standard InChI is InChI=1S/C23H20F2N8/c1-14-6-16(2-4-27-14)21-18(24)7-15(8-28-21)9-29-22-20(25)23(32-13-31-22)33-5-3-19-17(11-33)10-26-12-30-19/h2,4,6-8,10,12-13H,3,5,9,11H2,1H3,(H,29,31,32). The first-order valence-corrected chi connectivity index (χ1v) is 10.4. The number of rotatable bonds is 5. The molecule has 10 heteroatoms. The molecule has 0 unspecified atom stereocenters. The van der Waals surface area contributed by atoms with Gasteiger partial charge in [-0.2, -0.15) is 4.39 Å². The zero-order valence-electron chi connectivity index (χ0n) is 17.8. The summed E-state index contributed by atoms with van der Waals surface area (Å²) in [6, 6.07) is 4.86. The molecule has 0 amide bonds. The van der Waals surface area contributed by atoms with Crippen LogP contribution >= 0.6 is 0 Å². The number of pyridine rings is 2. The monoisotopic (exact) mass is 446 g/mol. The van der Waals surface area contributed by atoms with Crippen molar-refractivity contribution in [1.82, 2.24) is 29.9 Å². The van der Waals surface area contributed by atoms with Gasteiger partial charge in [0.2, 0.25) is 5.82 Å². The Bertz CT molecular complexity index is 1310. The Balaban J connectivity index is 1.31. The summed E-state index contributed by atoms with van der Waals surface area (Å²) < 4.78 is 29.9. The Kier molecular flexibility index (Phi) is 5.55. The lowest BCUT2D eigenvalue weighted by molar-refractivity contribution is 0.593. The normalized spacial score (nSPS) is 13.0. The fourth-order valence-corrected chi connectivity index (χ4v) is 3.82. The van der Waals surface area contributed by atoms with Crippen LogP contribution < -0.4 is 10.2 Å². The second-order valence-electron chi connectivity index (χ2n) is 7.74. The maximum Gasteiger partial charge on any atom is 0.207 e. The summed E-state index contributed by atoms with van der Waals surface area (Å²) in [6.45, 7) is 3.04. The lowest BCUT2D eigenvalue weighted by Crippen LogP contribution is -2.32. The predicted molar refractivity (Wildman–Crippen MR) is 118 cm³/mol. The average molecular weight is 446 g/mol. The van der Waals surface area contributed by atoms with Crippen LogP contribution in [0.5, 0.6) is 0 Å². The van der Waals surface area contributed by atoms with Gasteiger partial charge in [-0.15, -0.1) is 0 Å². The molecule has 0 bridgehead atoms. The molecule has 0 atom stereocenters. The van der Waals surface area contributed by atoms with Gasteiger partial charge in [0.25, 0.3) is 0 Å². The molecule has 0 fully saturated rings. The molecule has 5 rings (SSSR count). The molecule has 33 heavy (non-hydrogen) atoms. The number of hydrogen-bond acceptors (Lipinski definition) is 8. The Morgan fingerprint density at radius 2 is 1.94 bits per heavy atom. The van der Waals surface area contributed by atoms with Crippen LogP contribution in [0.4, 0.5) is 20.4 Å². The molecule has 1 aliphatic heterocycles. The van der Waals surface area contributed by atoms with Gasteiger partial charge in [0.05, 0.1) is 5.69 Å². The molecule has 0 aliphatic carbocycles. The van der Waals surface area contributed by atoms with Crippen molar-refractivity contribution in [1.29, 1.82) is 0 Å². The topological polar surface area (TPSA) is 92.6 Å². The second-order valence-corrected chi connectivity index (χ2v) is 7.74. The third-order valence-corrected chi connectivity index (χ3v) is 5.46. The van der Waals surface area contributed by atoms with Crippen molar-refractivity contribution in [2.75, 3.05) is 16.8 Å². The van der Waals surface area contributed by atoms with Gasteiger partial charge < -0.3 is 10.2 Å². The van der Waals surface area contributed by atoms with Gasteiger partial charge in [-0.1, -0.05) is 0 Å². The molecule has 0 aromatic carbocycles. The molecule has 4 aromatic rings. The molecule has 8 nitrogen and oxygen atoms in total. The van der Waals surface area contributed by atoms with Crippen molar-refractivity contribution in [2.24, 2.45) is 0 Å². The van der Waals surface area contributed by atoms with E-state index in [1.807, 2.05) is 11.8 Å². The number of aromatic nitrogens is 6. The Morgan fingerprint density at radius 3 is 2.79 bits per heavy atom. The van der Waals surface area contributed by atoms with Crippen molar-refractivity contribution < 1.29 is 8.78 Å². The van der Waals surface area contributed by atoms with Crippen LogP contribution in [0.3, 0.4) is 0 Å². The minimum absolute atomic E-state index is 0.0457. The number of nitrogens with zero attached hydrogens (tertiary/aromatic N) is 7. The molecule has 0 spiro atoms. The summed E-state index contributed by atoms with van der Waals surface area (Å²) >= 11 is 0. The van der Waals surface area contributed by atoms with E-state index in [4.69, 9.17) is 0 Å². The van der Waals surface area contributed by atoms with Gasteiger partial charge in [0, 0.05) is 61.5 Å². The molecule has 4 aromatic heterocycles. The highest BCUT2D eigenvalue weighted by Crippen LogP contribution is 2.27. The van der Waals surface area contributed by atoms with Gasteiger partial charge in [-0.25, -0.2) is 24.3 Å². The minimum Gasteiger partial charge on any atom is -0.363 e. The highest BCUT2D eigenvalue weighted by molar-refractivity contribution is 5.60. The van der Waals surface area contributed by atoms with Crippen LogP contribution in [-0.4, -0.2) is 36.4 Å².